The van der Waals surface area contributed by atoms with Gasteiger partial charge in [-0.3, -0.25) is 4.79 Å². The minimum Gasteiger partial charge on any atom is -0.494 e. The Morgan fingerprint density at radius 1 is 1.14 bits per heavy atom. The van der Waals surface area contributed by atoms with Crippen molar-refractivity contribution >= 4 is 33.2 Å². The molecule has 2 rings (SSSR count). The second kappa shape index (κ2) is 10.6. The third kappa shape index (κ3) is 6.42. The zero-order valence-corrected chi connectivity index (χ0v) is 17.9. The zero-order chi connectivity index (χ0) is 21.4. The van der Waals surface area contributed by atoms with E-state index in [4.69, 9.17) is 16.3 Å². The lowest BCUT2D eigenvalue weighted by molar-refractivity contribution is -0.116. The van der Waals surface area contributed by atoms with E-state index >= 15 is 0 Å². The minimum absolute atomic E-state index is 0.0699. The molecule has 0 radical (unpaired) electrons. The largest absolute Gasteiger partial charge is 0.494 e. The van der Waals surface area contributed by atoms with Crippen LogP contribution >= 0.6 is 11.6 Å². The quantitative estimate of drug-likeness (QED) is 0.556. The number of ether oxygens (including phenoxy) is 1. The zero-order valence-electron chi connectivity index (χ0n) is 16.3. The first-order chi connectivity index (χ1) is 13.8. The molecule has 2 aromatic carbocycles. The van der Waals surface area contributed by atoms with Gasteiger partial charge in [0.2, 0.25) is 15.9 Å². The van der Waals surface area contributed by atoms with E-state index in [0.717, 1.165) is 0 Å². The summed E-state index contributed by atoms with van der Waals surface area (Å²) in [5, 5.41) is 2.89. The van der Waals surface area contributed by atoms with E-state index in [1.165, 1.54) is 46.8 Å². The highest BCUT2D eigenvalue weighted by Gasteiger charge is 2.22. The van der Waals surface area contributed by atoms with Crippen molar-refractivity contribution in [2.45, 2.75) is 31.6 Å². The molecule has 0 spiro atoms. The minimum atomic E-state index is -3.65. The third-order valence-corrected chi connectivity index (χ3v) is 6.56. The van der Waals surface area contributed by atoms with Gasteiger partial charge in [0.05, 0.1) is 22.2 Å². The normalized spacial score (nSPS) is 11.5. The molecule has 0 unspecified atom stereocenters. The SMILES string of the molecule is CCN(CC)S(=O)(=O)c1ccc(Cl)c(NC(=O)CCCOc2ccc(F)cc2)c1. The van der Waals surface area contributed by atoms with Crippen LogP contribution in [0.15, 0.2) is 47.4 Å². The molecule has 158 valence electrons. The van der Waals surface area contributed by atoms with Gasteiger partial charge in [0.25, 0.3) is 0 Å². The van der Waals surface area contributed by atoms with Crippen LogP contribution in [0.4, 0.5) is 10.1 Å². The van der Waals surface area contributed by atoms with E-state index in [0.29, 0.717) is 25.3 Å². The number of carbonyl (C=O) groups is 1. The molecule has 1 amide bonds. The first-order valence-corrected chi connectivity index (χ1v) is 11.1. The molecule has 9 heteroatoms. The van der Waals surface area contributed by atoms with Crippen LogP contribution in [0.5, 0.6) is 5.75 Å². The summed E-state index contributed by atoms with van der Waals surface area (Å²) >= 11 is 6.11. The maximum atomic E-state index is 12.8. The number of carbonyl (C=O) groups excluding carboxylic acids is 1. The number of anilines is 1. The Morgan fingerprint density at radius 2 is 1.79 bits per heavy atom. The van der Waals surface area contributed by atoms with Gasteiger partial charge < -0.3 is 10.1 Å². The molecule has 0 aliphatic carbocycles. The number of sulfonamides is 1. The van der Waals surface area contributed by atoms with Gasteiger partial charge in [0.1, 0.15) is 11.6 Å². The predicted molar refractivity (Wildman–Crippen MR) is 111 cm³/mol. The predicted octanol–water partition coefficient (Wildman–Crippen LogP) is 4.31. The molecule has 6 nitrogen and oxygen atoms in total. The first kappa shape index (κ1) is 23.1. The van der Waals surface area contributed by atoms with Crippen LogP contribution in [0.3, 0.4) is 0 Å². The van der Waals surface area contributed by atoms with Gasteiger partial charge in [-0.25, -0.2) is 12.8 Å². The van der Waals surface area contributed by atoms with Crippen molar-refractivity contribution in [2.24, 2.45) is 0 Å². The van der Waals surface area contributed by atoms with Crippen LogP contribution in [0.1, 0.15) is 26.7 Å². The fourth-order valence-electron chi connectivity index (χ4n) is 2.64. The van der Waals surface area contributed by atoms with E-state index in [9.17, 15) is 17.6 Å². The molecule has 0 bridgehead atoms. The fraction of sp³-hybridized carbons (Fsp3) is 0.350. The smallest absolute Gasteiger partial charge is 0.243 e. The summed E-state index contributed by atoms with van der Waals surface area (Å²) in [4.78, 5) is 12.3. The molecular weight excluding hydrogens is 419 g/mol. The van der Waals surface area contributed by atoms with Crippen molar-refractivity contribution in [3.05, 3.63) is 53.3 Å². The molecule has 2 aromatic rings. The number of nitrogens with one attached hydrogen (secondary N) is 1. The highest BCUT2D eigenvalue weighted by atomic mass is 35.5. The van der Waals surface area contributed by atoms with Gasteiger partial charge in [-0.15, -0.1) is 0 Å². The number of rotatable bonds is 10. The van der Waals surface area contributed by atoms with Gasteiger partial charge >= 0.3 is 0 Å². The molecule has 0 aliphatic rings. The topological polar surface area (TPSA) is 75.7 Å². The second-order valence-electron chi connectivity index (χ2n) is 6.19. The molecular formula is C20H24ClFN2O4S. The molecule has 29 heavy (non-hydrogen) atoms. The monoisotopic (exact) mass is 442 g/mol. The Labute approximate surface area is 175 Å². The van der Waals surface area contributed by atoms with Gasteiger partial charge in [-0.1, -0.05) is 25.4 Å². The van der Waals surface area contributed by atoms with Crippen LogP contribution in [-0.2, 0) is 14.8 Å². The lowest BCUT2D eigenvalue weighted by Gasteiger charge is -2.19. The molecule has 0 fully saturated rings. The summed E-state index contributed by atoms with van der Waals surface area (Å²) in [6, 6.07) is 9.84. The molecule has 0 saturated heterocycles. The molecule has 0 heterocycles. The van der Waals surface area contributed by atoms with E-state index < -0.39 is 10.0 Å². The molecule has 0 saturated carbocycles. The summed E-state index contributed by atoms with van der Waals surface area (Å²) in [6.45, 7) is 4.49. The lowest BCUT2D eigenvalue weighted by Crippen LogP contribution is -2.30. The summed E-state index contributed by atoms with van der Waals surface area (Å²) in [5.41, 5.74) is 0.240. The summed E-state index contributed by atoms with van der Waals surface area (Å²) in [5.74, 6) is -0.144. The summed E-state index contributed by atoms with van der Waals surface area (Å²) in [7, 11) is -3.65. The van der Waals surface area contributed by atoms with E-state index in [1.54, 1.807) is 13.8 Å². The molecule has 0 aromatic heterocycles. The number of benzene rings is 2. The van der Waals surface area contributed by atoms with Crippen molar-refractivity contribution in [1.29, 1.82) is 0 Å². The van der Waals surface area contributed by atoms with Crippen molar-refractivity contribution < 1.29 is 22.3 Å². The van der Waals surface area contributed by atoms with Crippen LogP contribution in [-0.4, -0.2) is 38.3 Å². The van der Waals surface area contributed by atoms with Crippen molar-refractivity contribution in [1.82, 2.24) is 4.31 Å². The van der Waals surface area contributed by atoms with Crippen molar-refractivity contribution in [3.8, 4) is 5.75 Å². The Bertz CT molecular complexity index is 932. The number of hydrogen-bond acceptors (Lipinski definition) is 4. The van der Waals surface area contributed by atoms with Crippen LogP contribution in [0.25, 0.3) is 0 Å². The number of hydrogen-bond donors (Lipinski definition) is 1. The maximum Gasteiger partial charge on any atom is 0.243 e. The van der Waals surface area contributed by atoms with E-state index in [-0.39, 0.29) is 40.4 Å². The van der Waals surface area contributed by atoms with Gasteiger partial charge in [0.15, 0.2) is 0 Å². The summed E-state index contributed by atoms with van der Waals surface area (Å²) < 4.78 is 44.9. The van der Waals surface area contributed by atoms with Crippen LogP contribution < -0.4 is 10.1 Å². The van der Waals surface area contributed by atoms with Crippen molar-refractivity contribution in [2.75, 3.05) is 25.0 Å². The Balaban J connectivity index is 1.95. The van der Waals surface area contributed by atoms with Crippen molar-refractivity contribution in [3.63, 3.8) is 0 Å². The lowest BCUT2D eigenvalue weighted by atomic mass is 10.2. The van der Waals surface area contributed by atoms with E-state index in [2.05, 4.69) is 5.32 Å². The highest BCUT2D eigenvalue weighted by molar-refractivity contribution is 7.89. The average molecular weight is 443 g/mol. The Hall–Kier alpha value is -2.16. The third-order valence-electron chi connectivity index (χ3n) is 4.19. The molecule has 1 N–H and O–H groups in total. The average Bonchev–Trinajstić information content (AvgIpc) is 2.69. The van der Waals surface area contributed by atoms with Gasteiger partial charge in [0, 0.05) is 19.5 Å². The standard InChI is InChI=1S/C20H24ClFN2O4S/c1-3-24(4-2)29(26,27)17-11-12-18(21)19(14-17)23-20(25)6-5-13-28-16-9-7-15(22)8-10-16/h7-12,14H,3-6,13H2,1-2H3,(H,23,25). The second-order valence-corrected chi connectivity index (χ2v) is 8.53. The summed E-state index contributed by atoms with van der Waals surface area (Å²) in [6.07, 6.45) is 0.586. The Morgan fingerprint density at radius 3 is 2.41 bits per heavy atom. The number of amides is 1. The van der Waals surface area contributed by atoms with Gasteiger partial charge in [-0.05, 0) is 48.9 Å². The Kier molecular flexibility index (Phi) is 8.43. The van der Waals surface area contributed by atoms with E-state index in [1.807, 2.05) is 0 Å². The maximum absolute atomic E-state index is 12.8. The fourth-order valence-corrected chi connectivity index (χ4v) is 4.29. The molecule has 0 atom stereocenters. The molecule has 0 aliphatic heterocycles. The number of nitrogens with zero attached hydrogens (tertiary/aromatic N) is 1. The highest BCUT2D eigenvalue weighted by Crippen LogP contribution is 2.27. The van der Waals surface area contributed by atoms with Crippen LogP contribution in [0, 0.1) is 5.82 Å². The number of halogens is 2. The first-order valence-electron chi connectivity index (χ1n) is 9.25. The van der Waals surface area contributed by atoms with Gasteiger partial charge in [-0.2, -0.15) is 4.31 Å². The van der Waals surface area contributed by atoms with Crippen LogP contribution in [0.2, 0.25) is 5.02 Å².